The first-order valence-corrected chi connectivity index (χ1v) is 12.6. The summed E-state index contributed by atoms with van der Waals surface area (Å²) in [4.78, 5) is 44.7. The summed E-state index contributed by atoms with van der Waals surface area (Å²) >= 11 is 0.841. The number of fused-ring (bicyclic) bond motifs is 1. The molecule has 10 heteroatoms. The lowest BCUT2D eigenvalue weighted by molar-refractivity contribution is -0.132. The molecule has 2 unspecified atom stereocenters. The zero-order chi connectivity index (χ0) is 27.1. The standard InChI is InChI=1S/C28H23FN2O6S/c1-4-11-36-27(35)25-15(3)30-28(38-25)31-22(18-7-5-6-8-19(18)29)21(24(33)26(31)34)23(32)16-9-10-20-17(13-16)12-14(2)37-20/h4-10,13-14,22,32H,1,11-12H2,2-3H3/b23-21+. The van der Waals surface area contributed by atoms with Crippen LogP contribution in [0.3, 0.4) is 0 Å². The van der Waals surface area contributed by atoms with Crippen molar-refractivity contribution in [1.82, 2.24) is 4.98 Å². The number of benzene rings is 2. The van der Waals surface area contributed by atoms with Crippen LogP contribution >= 0.6 is 11.3 Å². The number of nitrogens with zero attached hydrogens (tertiary/aromatic N) is 2. The Morgan fingerprint density at radius 3 is 2.82 bits per heavy atom. The molecule has 38 heavy (non-hydrogen) atoms. The number of carbonyl (C=O) groups is 3. The van der Waals surface area contributed by atoms with E-state index < -0.39 is 35.3 Å². The number of amides is 1. The summed E-state index contributed by atoms with van der Waals surface area (Å²) in [5, 5.41) is 11.4. The second-order valence-corrected chi connectivity index (χ2v) is 9.92. The number of ether oxygens (including phenoxy) is 2. The molecule has 0 spiro atoms. The van der Waals surface area contributed by atoms with E-state index in [1.54, 1.807) is 31.2 Å². The third kappa shape index (κ3) is 4.26. The summed E-state index contributed by atoms with van der Waals surface area (Å²) in [6.07, 6.45) is 1.99. The lowest BCUT2D eigenvalue weighted by Crippen LogP contribution is -2.29. The number of rotatable bonds is 6. The summed E-state index contributed by atoms with van der Waals surface area (Å²) in [6, 6.07) is 9.33. The van der Waals surface area contributed by atoms with E-state index in [1.807, 2.05) is 6.92 Å². The first-order valence-electron chi connectivity index (χ1n) is 11.8. The number of hydrogen-bond donors (Lipinski definition) is 1. The highest BCUT2D eigenvalue weighted by Gasteiger charge is 2.49. The SMILES string of the molecule is C=CCOC(=O)c1sc(N2C(=O)C(=O)/C(=C(/O)c3ccc4c(c3)CC(C)O4)C2c2ccccc2F)nc1C. The Bertz CT molecular complexity index is 1530. The minimum atomic E-state index is -1.32. The van der Waals surface area contributed by atoms with Gasteiger partial charge in [0.15, 0.2) is 5.13 Å². The Morgan fingerprint density at radius 1 is 1.32 bits per heavy atom. The molecule has 1 saturated heterocycles. The van der Waals surface area contributed by atoms with Gasteiger partial charge in [-0.05, 0) is 43.7 Å². The first-order chi connectivity index (χ1) is 18.2. The van der Waals surface area contributed by atoms with Crippen molar-refractivity contribution in [2.75, 3.05) is 11.5 Å². The van der Waals surface area contributed by atoms with Crippen LogP contribution in [0.1, 0.15) is 45.0 Å². The lowest BCUT2D eigenvalue weighted by atomic mass is 9.94. The average Bonchev–Trinajstić information content (AvgIpc) is 3.54. The summed E-state index contributed by atoms with van der Waals surface area (Å²) in [5.74, 6) is -3.11. The van der Waals surface area contributed by atoms with Gasteiger partial charge in [0.25, 0.3) is 5.78 Å². The molecule has 2 aliphatic rings. The highest BCUT2D eigenvalue weighted by atomic mass is 32.1. The molecule has 0 aliphatic carbocycles. The quantitative estimate of drug-likeness (QED) is 0.158. The van der Waals surface area contributed by atoms with Crippen LogP contribution < -0.4 is 9.64 Å². The van der Waals surface area contributed by atoms with Gasteiger partial charge in [0.1, 0.15) is 41.0 Å². The van der Waals surface area contributed by atoms with Gasteiger partial charge in [0, 0.05) is 17.5 Å². The zero-order valence-corrected chi connectivity index (χ0v) is 21.4. The van der Waals surface area contributed by atoms with E-state index in [0.29, 0.717) is 17.7 Å². The van der Waals surface area contributed by atoms with E-state index >= 15 is 4.39 Å². The number of thiazole rings is 1. The molecule has 8 nitrogen and oxygen atoms in total. The maximum atomic E-state index is 15.1. The molecule has 3 heterocycles. The van der Waals surface area contributed by atoms with Crippen LogP contribution in [0.4, 0.5) is 9.52 Å². The predicted octanol–water partition coefficient (Wildman–Crippen LogP) is 4.88. The van der Waals surface area contributed by atoms with Crippen molar-refractivity contribution in [2.24, 2.45) is 0 Å². The Morgan fingerprint density at radius 2 is 2.08 bits per heavy atom. The molecule has 1 fully saturated rings. The van der Waals surface area contributed by atoms with Gasteiger partial charge in [-0.2, -0.15) is 0 Å². The maximum absolute atomic E-state index is 15.1. The molecule has 0 radical (unpaired) electrons. The third-order valence-corrected chi connectivity index (χ3v) is 7.46. The van der Waals surface area contributed by atoms with Crippen molar-refractivity contribution >= 4 is 39.9 Å². The van der Waals surface area contributed by atoms with Crippen molar-refractivity contribution in [3.05, 3.63) is 93.8 Å². The highest BCUT2D eigenvalue weighted by molar-refractivity contribution is 7.17. The van der Waals surface area contributed by atoms with Crippen LogP contribution in [0.2, 0.25) is 0 Å². The van der Waals surface area contributed by atoms with E-state index in [-0.39, 0.29) is 39.6 Å². The zero-order valence-electron chi connectivity index (χ0n) is 20.6. The number of aromatic nitrogens is 1. The first kappa shape index (κ1) is 25.3. The highest BCUT2D eigenvalue weighted by Crippen LogP contribution is 2.45. The van der Waals surface area contributed by atoms with Gasteiger partial charge >= 0.3 is 11.9 Å². The maximum Gasteiger partial charge on any atom is 0.350 e. The van der Waals surface area contributed by atoms with Crippen LogP contribution in [0.25, 0.3) is 5.76 Å². The van der Waals surface area contributed by atoms with Crippen LogP contribution in [-0.2, 0) is 20.7 Å². The topological polar surface area (TPSA) is 106 Å². The fourth-order valence-corrected chi connectivity index (χ4v) is 5.61. The normalized spacial score (nSPS) is 19.8. The number of Topliss-reactive ketones (excluding diaryl/α,β-unsaturated/α-hetero) is 1. The van der Waals surface area contributed by atoms with Gasteiger partial charge in [-0.15, -0.1) is 0 Å². The van der Waals surface area contributed by atoms with E-state index in [0.717, 1.165) is 21.8 Å². The van der Waals surface area contributed by atoms with Crippen LogP contribution in [0.15, 0.2) is 60.7 Å². The molecule has 2 aromatic carbocycles. The van der Waals surface area contributed by atoms with Crippen LogP contribution in [0.5, 0.6) is 5.75 Å². The molecular weight excluding hydrogens is 511 g/mol. The van der Waals surface area contributed by atoms with Gasteiger partial charge in [-0.25, -0.2) is 14.2 Å². The van der Waals surface area contributed by atoms with Crippen molar-refractivity contribution < 1.29 is 33.4 Å². The molecule has 2 aliphatic heterocycles. The van der Waals surface area contributed by atoms with Crippen molar-refractivity contribution in [3.8, 4) is 5.75 Å². The molecule has 5 rings (SSSR count). The van der Waals surface area contributed by atoms with E-state index in [9.17, 15) is 19.5 Å². The smallest absolute Gasteiger partial charge is 0.350 e. The molecule has 3 aromatic rings. The summed E-state index contributed by atoms with van der Waals surface area (Å²) < 4.78 is 25.9. The second-order valence-electron chi connectivity index (χ2n) is 8.94. The number of ketones is 1. The lowest BCUT2D eigenvalue weighted by Gasteiger charge is -2.23. The Hall–Kier alpha value is -4.31. The fourth-order valence-electron chi connectivity index (χ4n) is 4.62. The summed E-state index contributed by atoms with van der Waals surface area (Å²) in [6.45, 7) is 6.97. The molecule has 194 valence electrons. The van der Waals surface area contributed by atoms with Gasteiger partial charge in [0.2, 0.25) is 0 Å². The van der Waals surface area contributed by atoms with E-state index in [2.05, 4.69) is 11.6 Å². The van der Waals surface area contributed by atoms with Gasteiger partial charge in [0.05, 0.1) is 11.3 Å². The minimum absolute atomic E-state index is 0.00126. The number of aliphatic hydroxyl groups excluding tert-OH is 1. The van der Waals surface area contributed by atoms with E-state index in [1.165, 1.54) is 24.3 Å². The Balaban J connectivity index is 1.66. The third-order valence-electron chi connectivity index (χ3n) is 6.32. The molecular formula is C28H23FN2O6S. The number of esters is 1. The van der Waals surface area contributed by atoms with Crippen molar-refractivity contribution in [2.45, 2.75) is 32.4 Å². The molecule has 0 bridgehead atoms. The number of halogens is 1. The number of aryl methyl sites for hydroxylation is 1. The number of aliphatic hydroxyl groups is 1. The van der Waals surface area contributed by atoms with Crippen LogP contribution in [-0.4, -0.2) is 40.5 Å². The Kier molecular flexibility index (Phi) is 6.58. The number of carbonyl (C=O) groups excluding carboxylic acids is 3. The second kappa shape index (κ2) is 9.86. The average molecular weight is 535 g/mol. The molecule has 1 aromatic heterocycles. The molecule has 1 amide bonds. The monoisotopic (exact) mass is 534 g/mol. The summed E-state index contributed by atoms with van der Waals surface area (Å²) in [7, 11) is 0. The predicted molar refractivity (Wildman–Crippen MR) is 139 cm³/mol. The number of hydrogen-bond acceptors (Lipinski definition) is 8. The van der Waals surface area contributed by atoms with Gasteiger partial charge in [-0.1, -0.05) is 42.2 Å². The Labute approximate surface area is 221 Å². The van der Waals surface area contributed by atoms with Gasteiger partial charge in [-0.3, -0.25) is 14.5 Å². The van der Waals surface area contributed by atoms with Crippen LogP contribution in [0, 0.1) is 12.7 Å². The van der Waals surface area contributed by atoms with Gasteiger partial charge < -0.3 is 14.6 Å². The fraction of sp³-hybridized carbons (Fsp3) is 0.214. The van der Waals surface area contributed by atoms with E-state index in [4.69, 9.17) is 9.47 Å². The largest absolute Gasteiger partial charge is 0.507 e. The van der Waals surface area contributed by atoms with Crippen molar-refractivity contribution in [3.63, 3.8) is 0 Å². The number of anilines is 1. The molecule has 2 atom stereocenters. The summed E-state index contributed by atoms with van der Waals surface area (Å²) in [5.41, 5.74) is 1.13. The molecule has 1 N–H and O–H groups in total. The molecule has 0 saturated carbocycles. The minimum Gasteiger partial charge on any atom is -0.507 e. The van der Waals surface area contributed by atoms with Crippen molar-refractivity contribution in [1.29, 1.82) is 0 Å².